The lowest BCUT2D eigenvalue weighted by Gasteiger charge is -2.16. The van der Waals surface area contributed by atoms with Gasteiger partial charge in [-0.3, -0.25) is 0 Å². The predicted molar refractivity (Wildman–Crippen MR) is 66.2 cm³/mol. The maximum absolute atomic E-state index is 5.95. The molecule has 2 rings (SSSR count). The second kappa shape index (κ2) is 3.91. The van der Waals surface area contributed by atoms with Gasteiger partial charge in [0.15, 0.2) is 0 Å². The lowest BCUT2D eigenvalue weighted by Crippen LogP contribution is -2.32. The first kappa shape index (κ1) is 10.6. The Morgan fingerprint density at radius 1 is 1.33 bits per heavy atom. The van der Waals surface area contributed by atoms with E-state index in [2.05, 4.69) is 37.0 Å². The zero-order chi connectivity index (χ0) is 10.9. The molecule has 0 aliphatic rings. The van der Waals surface area contributed by atoms with Crippen LogP contribution in [0.1, 0.15) is 25.3 Å². The van der Waals surface area contributed by atoms with E-state index in [1.165, 1.54) is 9.71 Å². The molecule has 0 unspecified atom stereocenters. The Kier molecular flexibility index (Phi) is 2.76. The first-order chi connectivity index (χ1) is 7.04. The Morgan fingerprint density at radius 3 is 2.73 bits per heavy atom. The zero-order valence-corrected chi connectivity index (χ0v) is 9.97. The average Bonchev–Trinajstić information content (AvgIpc) is 2.56. The van der Waals surface area contributed by atoms with Gasteiger partial charge in [0.05, 0.1) is 15.2 Å². The van der Waals surface area contributed by atoms with E-state index in [4.69, 9.17) is 5.73 Å². The minimum Gasteiger partial charge on any atom is -0.326 e. The van der Waals surface area contributed by atoms with Crippen LogP contribution in [0.5, 0.6) is 0 Å². The summed E-state index contributed by atoms with van der Waals surface area (Å²) in [4.78, 5) is 4.58. The molecule has 0 aliphatic carbocycles. The summed E-state index contributed by atoms with van der Waals surface area (Å²) in [5.74, 6) is 0. The van der Waals surface area contributed by atoms with Crippen LogP contribution in [0.4, 0.5) is 0 Å². The average molecular weight is 220 g/mol. The van der Waals surface area contributed by atoms with Crippen LogP contribution in [0.15, 0.2) is 24.3 Å². The molecule has 3 heteroatoms. The number of hydrogen-bond acceptors (Lipinski definition) is 3. The zero-order valence-electron chi connectivity index (χ0n) is 9.16. The van der Waals surface area contributed by atoms with Crippen molar-refractivity contribution in [1.82, 2.24) is 4.98 Å². The van der Waals surface area contributed by atoms with Gasteiger partial charge in [0.25, 0.3) is 0 Å². The standard InChI is InChI=1S/C12H16N2S/c1-12(2,13)8-7-11-14-9-5-3-4-6-10(9)15-11/h3-6H,7-8,13H2,1-2H3. The molecule has 1 aromatic heterocycles. The number of benzene rings is 1. The SMILES string of the molecule is CC(C)(N)CCc1nc2ccccc2s1. The lowest BCUT2D eigenvalue weighted by atomic mass is 10.0. The smallest absolute Gasteiger partial charge is 0.0939 e. The fourth-order valence-corrected chi connectivity index (χ4v) is 2.42. The molecular weight excluding hydrogens is 204 g/mol. The van der Waals surface area contributed by atoms with E-state index in [0.717, 1.165) is 18.4 Å². The van der Waals surface area contributed by atoms with Crippen molar-refractivity contribution in [3.05, 3.63) is 29.3 Å². The monoisotopic (exact) mass is 220 g/mol. The van der Waals surface area contributed by atoms with E-state index in [0.29, 0.717) is 0 Å². The molecule has 0 atom stereocenters. The Hall–Kier alpha value is -0.930. The van der Waals surface area contributed by atoms with E-state index in [9.17, 15) is 0 Å². The molecule has 0 saturated carbocycles. The van der Waals surface area contributed by atoms with Crippen molar-refractivity contribution < 1.29 is 0 Å². The van der Waals surface area contributed by atoms with Crippen LogP contribution >= 0.6 is 11.3 Å². The molecule has 1 heterocycles. The number of aryl methyl sites for hydroxylation is 1. The molecule has 2 N–H and O–H groups in total. The fourth-order valence-electron chi connectivity index (χ4n) is 1.46. The molecule has 0 amide bonds. The molecular formula is C12H16N2S. The number of para-hydroxylation sites is 1. The molecule has 0 spiro atoms. The first-order valence-electron chi connectivity index (χ1n) is 5.18. The summed E-state index contributed by atoms with van der Waals surface area (Å²) < 4.78 is 1.27. The molecule has 2 nitrogen and oxygen atoms in total. The Labute approximate surface area is 94.1 Å². The first-order valence-corrected chi connectivity index (χ1v) is 6.00. The maximum atomic E-state index is 5.95. The largest absolute Gasteiger partial charge is 0.326 e. The number of fused-ring (bicyclic) bond motifs is 1. The summed E-state index contributed by atoms with van der Waals surface area (Å²) in [7, 11) is 0. The lowest BCUT2D eigenvalue weighted by molar-refractivity contribution is 0.476. The predicted octanol–water partition coefficient (Wildman–Crippen LogP) is 2.97. The van der Waals surface area contributed by atoms with Crippen LogP contribution in [-0.4, -0.2) is 10.5 Å². The van der Waals surface area contributed by atoms with Crippen molar-refractivity contribution in [3.63, 3.8) is 0 Å². The van der Waals surface area contributed by atoms with Gasteiger partial charge in [-0.2, -0.15) is 0 Å². The van der Waals surface area contributed by atoms with Gasteiger partial charge in [-0.25, -0.2) is 4.98 Å². The van der Waals surface area contributed by atoms with Gasteiger partial charge in [0, 0.05) is 12.0 Å². The van der Waals surface area contributed by atoms with Gasteiger partial charge in [-0.05, 0) is 32.4 Å². The molecule has 0 fully saturated rings. The van der Waals surface area contributed by atoms with Gasteiger partial charge >= 0.3 is 0 Å². The summed E-state index contributed by atoms with van der Waals surface area (Å²) in [5, 5.41) is 1.19. The summed E-state index contributed by atoms with van der Waals surface area (Å²) >= 11 is 1.77. The topological polar surface area (TPSA) is 38.9 Å². The molecule has 15 heavy (non-hydrogen) atoms. The third-order valence-corrected chi connectivity index (χ3v) is 3.42. The minimum atomic E-state index is -0.0994. The second-order valence-electron chi connectivity index (χ2n) is 4.56. The number of aromatic nitrogens is 1. The van der Waals surface area contributed by atoms with Crippen LogP contribution in [0.25, 0.3) is 10.2 Å². The molecule has 80 valence electrons. The Bertz CT molecular complexity index is 421. The molecule has 1 aromatic carbocycles. The normalized spacial score (nSPS) is 12.2. The number of nitrogens with two attached hydrogens (primary N) is 1. The Morgan fingerprint density at radius 2 is 2.07 bits per heavy atom. The van der Waals surface area contributed by atoms with Gasteiger partial charge in [0.1, 0.15) is 0 Å². The number of nitrogens with zero attached hydrogens (tertiary/aromatic N) is 1. The minimum absolute atomic E-state index is 0.0994. The molecule has 2 aromatic rings. The summed E-state index contributed by atoms with van der Waals surface area (Å²) in [6.07, 6.45) is 1.95. The highest BCUT2D eigenvalue weighted by Crippen LogP contribution is 2.23. The van der Waals surface area contributed by atoms with Gasteiger partial charge in [-0.15, -0.1) is 11.3 Å². The number of hydrogen-bond donors (Lipinski definition) is 1. The van der Waals surface area contributed by atoms with Gasteiger partial charge in [0.2, 0.25) is 0 Å². The van der Waals surface area contributed by atoms with Gasteiger partial charge in [-0.1, -0.05) is 12.1 Å². The van der Waals surface area contributed by atoms with Crippen molar-refractivity contribution in [3.8, 4) is 0 Å². The van der Waals surface area contributed by atoms with E-state index < -0.39 is 0 Å². The van der Waals surface area contributed by atoms with Crippen molar-refractivity contribution in [1.29, 1.82) is 0 Å². The third kappa shape index (κ3) is 2.76. The van der Waals surface area contributed by atoms with Crippen molar-refractivity contribution in [2.75, 3.05) is 0 Å². The molecule has 0 aliphatic heterocycles. The fraction of sp³-hybridized carbons (Fsp3) is 0.417. The summed E-state index contributed by atoms with van der Waals surface area (Å²) in [6.45, 7) is 4.11. The van der Waals surface area contributed by atoms with Crippen LogP contribution in [0.3, 0.4) is 0 Å². The quantitative estimate of drug-likeness (QED) is 0.863. The highest BCUT2D eigenvalue weighted by molar-refractivity contribution is 7.18. The van der Waals surface area contributed by atoms with Gasteiger partial charge < -0.3 is 5.73 Å². The van der Waals surface area contributed by atoms with E-state index in [1.54, 1.807) is 11.3 Å². The van der Waals surface area contributed by atoms with Crippen molar-refractivity contribution in [2.45, 2.75) is 32.2 Å². The molecule has 0 radical (unpaired) electrons. The summed E-state index contributed by atoms with van der Waals surface area (Å²) in [5.41, 5.74) is 6.96. The number of rotatable bonds is 3. The van der Waals surface area contributed by atoms with Crippen LogP contribution in [-0.2, 0) is 6.42 Å². The summed E-state index contributed by atoms with van der Waals surface area (Å²) in [6, 6.07) is 8.25. The van der Waals surface area contributed by atoms with Crippen LogP contribution < -0.4 is 5.73 Å². The highest BCUT2D eigenvalue weighted by Gasteiger charge is 2.12. The Balaban J connectivity index is 2.16. The van der Waals surface area contributed by atoms with Crippen LogP contribution in [0, 0.1) is 0 Å². The van der Waals surface area contributed by atoms with Crippen LogP contribution in [0.2, 0.25) is 0 Å². The van der Waals surface area contributed by atoms with E-state index >= 15 is 0 Å². The third-order valence-electron chi connectivity index (χ3n) is 2.32. The van der Waals surface area contributed by atoms with E-state index in [1.807, 2.05) is 6.07 Å². The number of thiazole rings is 1. The second-order valence-corrected chi connectivity index (χ2v) is 5.68. The van der Waals surface area contributed by atoms with E-state index in [-0.39, 0.29) is 5.54 Å². The van der Waals surface area contributed by atoms with Crippen molar-refractivity contribution in [2.24, 2.45) is 5.73 Å². The highest BCUT2D eigenvalue weighted by atomic mass is 32.1. The maximum Gasteiger partial charge on any atom is 0.0939 e. The van der Waals surface area contributed by atoms with Crippen molar-refractivity contribution >= 4 is 21.6 Å². The molecule has 0 saturated heterocycles. The molecule has 0 bridgehead atoms.